The third-order valence-electron chi connectivity index (χ3n) is 4.62. The molecule has 0 fully saturated rings. The zero-order chi connectivity index (χ0) is 22.6. The van der Waals surface area contributed by atoms with Crippen molar-refractivity contribution in [1.82, 2.24) is 19.5 Å². The number of rotatable bonds is 8. The average Bonchev–Trinajstić information content (AvgIpc) is 2.78. The second kappa shape index (κ2) is 9.02. The number of aromatic amines is 1. The van der Waals surface area contributed by atoms with Gasteiger partial charge in [-0.15, -0.1) is 0 Å². The Morgan fingerprint density at radius 3 is 2.22 bits per heavy atom. The van der Waals surface area contributed by atoms with Gasteiger partial charge in [-0.25, -0.2) is 23.2 Å². The first-order chi connectivity index (χ1) is 15.4. The molecule has 2 heterocycles. The van der Waals surface area contributed by atoms with Crippen LogP contribution < -0.4 is 21.3 Å². The summed E-state index contributed by atoms with van der Waals surface area (Å²) in [5.41, 5.74) is 0.212. The van der Waals surface area contributed by atoms with Crippen LogP contribution >= 0.6 is 0 Å². The van der Waals surface area contributed by atoms with E-state index in [2.05, 4.69) is 25.0 Å². The molecule has 4 aromatic rings. The first kappa shape index (κ1) is 21.2. The highest BCUT2D eigenvalue weighted by molar-refractivity contribution is 7.92. The summed E-state index contributed by atoms with van der Waals surface area (Å²) in [6, 6.07) is 16.4. The number of aromatic nitrogens is 4. The molecule has 0 unspecified atom stereocenters. The van der Waals surface area contributed by atoms with Crippen LogP contribution in [-0.4, -0.2) is 34.5 Å². The highest BCUT2D eigenvalue weighted by atomic mass is 32.2. The molecule has 4 rings (SSSR count). The molecular formula is C21H20N6O4S. The van der Waals surface area contributed by atoms with E-state index >= 15 is 0 Å². The Morgan fingerprint density at radius 2 is 1.53 bits per heavy atom. The van der Waals surface area contributed by atoms with Crippen molar-refractivity contribution >= 4 is 32.7 Å². The standard InChI is InChI=1S/C21H20N6O4S/c28-18-11-14-27(21(29)25-18)13-6-12-22-19-20(24-17-10-5-4-9-16(17)23-19)26-32(30,31)15-7-2-1-3-8-15/h1-5,7-11,14H,6,12-13H2,(H,22,23)(H,24,26)(H,25,28,29). The van der Waals surface area contributed by atoms with Crippen LogP contribution in [-0.2, 0) is 16.6 Å². The lowest BCUT2D eigenvalue weighted by Crippen LogP contribution is -2.29. The van der Waals surface area contributed by atoms with Gasteiger partial charge in [0.25, 0.3) is 15.6 Å². The molecule has 0 aliphatic rings. The molecule has 32 heavy (non-hydrogen) atoms. The predicted octanol–water partition coefficient (Wildman–Crippen LogP) is 1.78. The molecule has 2 aromatic heterocycles. The lowest BCUT2D eigenvalue weighted by Gasteiger charge is -2.14. The molecule has 0 atom stereocenters. The summed E-state index contributed by atoms with van der Waals surface area (Å²) in [6.07, 6.45) is 1.95. The third kappa shape index (κ3) is 4.83. The fourth-order valence-corrected chi connectivity index (χ4v) is 4.09. The van der Waals surface area contributed by atoms with Crippen LogP contribution in [0.25, 0.3) is 11.0 Å². The lowest BCUT2D eigenvalue weighted by atomic mass is 10.3. The molecule has 11 heteroatoms. The van der Waals surface area contributed by atoms with E-state index in [9.17, 15) is 18.0 Å². The summed E-state index contributed by atoms with van der Waals surface area (Å²) >= 11 is 0. The van der Waals surface area contributed by atoms with Crippen LogP contribution in [0.3, 0.4) is 0 Å². The quantitative estimate of drug-likeness (QED) is 0.346. The van der Waals surface area contributed by atoms with E-state index in [1.807, 2.05) is 6.07 Å². The molecule has 0 saturated heterocycles. The molecule has 3 N–H and O–H groups in total. The minimum Gasteiger partial charge on any atom is -0.367 e. The molecule has 2 aromatic carbocycles. The molecule has 0 aliphatic heterocycles. The number of para-hydroxylation sites is 2. The Labute approximate surface area is 183 Å². The van der Waals surface area contributed by atoms with E-state index in [0.29, 0.717) is 30.5 Å². The third-order valence-corrected chi connectivity index (χ3v) is 5.98. The largest absolute Gasteiger partial charge is 0.367 e. The van der Waals surface area contributed by atoms with Crippen molar-refractivity contribution in [3.63, 3.8) is 0 Å². The van der Waals surface area contributed by atoms with Crippen LogP contribution in [0.2, 0.25) is 0 Å². The number of hydrogen-bond donors (Lipinski definition) is 3. The summed E-state index contributed by atoms with van der Waals surface area (Å²) in [7, 11) is -3.86. The Bertz CT molecular complexity index is 1470. The van der Waals surface area contributed by atoms with Crippen molar-refractivity contribution in [3.8, 4) is 0 Å². The van der Waals surface area contributed by atoms with Gasteiger partial charge in [-0.2, -0.15) is 0 Å². The number of hydrogen-bond acceptors (Lipinski definition) is 7. The van der Waals surface area contributed by atoms with Gasteiger partial charge in [0, 0.05) is 25.4 Å². The van der Waals surface area contributed by atoms with Crippen molar-refractivity contribution < 1.29 is 8.42 Å². The normalized spacial score (nSPS) is 11.4. The van der Waals surface area contributed by atoms with Crippen LogP contribution in [0, 0.1) is 0 Å². The number of benzene rings is 2. The maximum atomic E-state index is 12.8. The van der Waals surface area contributed by atoms with Crippen molar-refractivity contribution in [2.45, 2.75) is 17.9 Å². The number of sulfonamides is 1. The van der Waals surface area contributed by atoms with Gasteiger partial charge < -0.3 is 9.88 Å². The number of fused-ring (bicyclic) bond motifs is 1. The zero-order valence-corrected chi connectivity index (χ0v) is 17.7. The predicted molar refractivity (Wildman–Crippen MR) is 121 cm³/mol. The van der Waals surface area contributed by atoms with E-state index in [1.165, 1.54) is 29.0 Å². The molecule has 0 aliphatic carbocycles. The Kier molecular flexibility index (Phi) is 5.99. The molecule has 0 radical (unpaired) electrons. The van der Waals surface area contributed by atoms with E-state index < -0.39 is 21.3 Å². The van der Waals surface area contributed by atoms with Gasteiger partial charge in [0.1, 0.15) is 0 Å². The highest BCUT2D eigenvalue weighted by Gasteiger charge is 2.18. The zero-order valence-electron chi connectivity index (χ0n) is 16.9. The summed E-state index contributed by atoms with van der Waals surface area (Å²) in [5.74, 6) is 0.353. The number of aryl methyl sites for hydroxylation is 1. The molecular weight excluding hydrogens is 432 g/mol. The van der Waals surface area contributed by atoms with Gasteiger partial charge in [0.05, 0.1) is 15.9 Å². The molecule has 0 saturated carbocycles. The van der Waals surface area contributed by atoms with Crippen molar-refractivity contribution in [1.29, 1.82) is 0 Å². The van der Waals surface area contributed by atoms with Crippen molar-refractivity contribution in [3.05, 3.63) is 87.7 Å². The molecule has 0 amide bonds. The number of H-pyrrole nitrogens is 1. The average molecular weight is 452 g/mol. The minimum absolute atomic E-state index is 0.0776. The van der Waals surface area contributed by atoms with Crippen LogP contribution in [0.1, 0.15) is 6.42 Å². The summed E-state index contributed by atoms with van der Waals surface area (Å²) in [5, 5.41) is 3.09. The van der Waals surface area contributed by atoms with Gasteiger partial charge in [0.2, 0.25) is 0 Å². The smallest absolute Gasteiger partial charge is 0.328 e. The second-order valence-electron chi connectivity index (χ2n) is 6.91. The summed E-state index contributed by atoms with van der Waals surface area (Å²) in [6.45, 7) is 0.743. The Balaban J connectivity index is 1.55. The minimum atomic E-state index is -3.86. The fourth-order valence-electron chi connectivity index (χ4n) is 3.06. The monoisotopic (exact) mass is 452 g/mol. The first-order valence-electron chi connectivity index (χ1n) is 9.81. The Morgan fingerprint density at radius 1 is 0.875 bits per heavy atom. The first-order valence-corrected chi connectivity index (χ1v) is 11.3. The topological polar surface area (TPSA) is 139 Å². The van der Waals surface area contributed by atoms with Gasteiger partial charge in [-0.05, 0) is 30.7 Å². The SMILES string of the molecule is O=c1ccn(CCCNc2nc3ccccc3nc2NS(=O)(=O)c2ccccc2)c(=O)[nH]1. The van der Waals surface area contributed by atoms with E-state index in [1.54, 1.807) is 36.4 Å². The van der Waals surface area contributed by atoms with Crippen LogP contribution in [0.4, 0.5) is 11.6 Å². The molecule has 0 bridgehead atoms. The van der Waals surface area contributed by atoms with Crippen LogP contribution in [0.15, 0.2) is 81.3 Å². The summed E-state index contributed by atoms with van der Waals surface area (Å²) < 4.78 is 29.5. The number of nitrogens with zero attached hydrogens (tertiary/aromatic N) is 3. The second-order valence-corrected chi connectivity index (χ2v) is 8.59. The lowest BCUT2D eigenvalue weighted by molar-refractivity contribution is 0.601. The van der Waals surface area contributed by atoms with Gasteiger partial charge >= 0.3 is 5.69 Å². The van der Waals surface area contributed by atoms with E-state index in [0.717, 1.165) is 0 Å². The summed E-state index contributed by atoms with van der Waals surface area (Å²) in [4.78, 5) is 34.2. The van der Waals surface area contributed by atoms with Crippen molar-refractivity contribution in [2.24, 2.45) is 0 Å². The van der Waals surface area contributed by atoms with E-state index in [-0.39, 0.29) is 16.5 Å². The Hall–Kier alpha value is -3.99. The molecule has 0 spiro atoms. The maximum Gasteiger partial charge on any atom is 0.328 e. The number of nitrogens with one attached hydrogen (secondary N) is 3. The number of anilines is 2. The molecule has 10 nitrogen and oxygen atoms in total. The van der Waals surface area contributed by atoms with E-state index in [4.69, 9.17) is 0 Å². The van der Waals surface area contributed by atoms with Gasteiger partial charge in [0.15, 0.2) is 11.6 Å². The highest BCUT2D eigenvalue weighted by Crippen LogP contribution is 2.24. The molecule has 164 valence electrons. The van der Waals surface area contributed by atoms with Crippen molar-refractivity contribution in [2.75, 3.05) is 16.6 Å². The van der Waals surface area contributed by atoms with Gasteiger partial charge in [-0.1, -0.05) is 30.3 Å². The van der Waals surface area contributed by atoms with Crippen LogP contribution in [0.5, 0.6) is 0 Å². The fraction of sp³-hybridized carbons (Fsp3) is 0.143. The maximum absolute atomic E-state index is 12.8. The van der Waals surface area contributed by atoms with Gasteiger partial charge in [-0.3, -0.25) is 14.5 Å².